The second kappa shape index (κ2) is 10.2. The number of carbonyl (C=O) groups is 2. The Balaban J connectivity index is 1.65. The van der Waals surface area contributed by atoms with Gasteiger partial charge in [-0.25, -0.2) is 4.39 Å². The molecule has 2 aromatic rings. The SMILES string of the molecule is CCN(CCCNC(=O)CNC(=O)c1ccc(F)cc1)c1ccccc1. The maximum atomic E-state index is 12.8. The van der Waals surface area contributed by atoms with Crippen LogP contribution in [0.15, 0.2) is 54.6 Å². The molecule has 2 rings (SSSR count). The zero-order valence-electron chi connectivity index (χ0n) is 14.9. The number of carbonyl (C=O) groups excluding carboxylic acids is 2. The van der Waals surface area contributed by atoms with Gasteiger partial charge in [-0.05, 0) is 49.7 Å². The molecule has 5 nitrogen and oxygen atoms in total. The second-order valence-corrected chi connectivity index (χ2v) is 5.81. The summed E-state index contributed by atoms with van der Waals surface area (Å²) in [6, 6.07) is 15.3. The van der Waals surface area contributed by atoms with Gasteiger partial charge in [0.25, 0.3) is 5.91 Å². The quantitative estimate of drug-likeness (QED) is 0.678. The van der Waals surface area contributed by atoms with Gasteiger partial charge in [-0.2, -0.15) is 0 Å². The molecule has 0 aliphatic heterocycles. The van der Waals surface area contributed by atoms with Crippen molar-refractivity contribution >= 4 is 17.5 Å². The van der Waals surface area contributed by atoms with E-state index in [0.29, 0.717) is 12.1 Å². The molecule has 0 spiro atoms. The predicted octanol–water partition coefficient (Wildman–Crippen LogP) is 2.59. The maximum Gasteiger partial charge on any atom is 0.251 e. The average Bonchev–Trinajstić information content (AvgIpc) is 2.67. The van der Waals surface area contributed by atoms with Crippen LogP contribution in [-0.4, -0.2) is 38.0 Å². The van der Waals surface area contributed by atoms with Crippen LogP contribution in [0.4, 0.5) is 10.1 Å². The third-order valence-corrected chi connectivity index (χ3v) is 3.95. The van der Waals surface area contributed by atoms with E-state index in [-0.39, 0.29) is 12.5 Å². The van der Waals surface area contributed by atoms with E-state index >= 15 is 0 Å². The Morgan fingerprint density at radius 1 is 1.00 bits per heavy atom. The van der Waals surface area contributed by atoms with E-state index in [1.165, 1.54) is 24.3 Å². The fourth-order valence-corrected chi connectivity index (χ4v) is 2.53. The summed E-state index contributed by atoms with van der Waals surface area (Å²) in [6.07, 6.45) is 0.806. The van der Waals surface area contributed by atoms with Crippen molar-refractivity contribution in [2.75, 3.05) is 31.1 Å². The summed E-state index contributed by atoms with van der Waals surface area (Å²) in [4.78, 5) is 25.9. The number of halogens is 1. The number of para-hydroxylation sites is 1. The molecule has 0 unspecified atom stereocenters. The number of hydrogen-bond acceptors (Lipinski definition) is 3. The number of rotatable bonds is 9. The van der Waals surface area contributed by atoms with Crippen LogP contribution in [0.25, 0.3) is 0 Å². The smallest absolute Gasteiger partial charge is 0.251 e. The van der Waals surface area contributed by atoms with E-state index in [2.05, 4.69) is 34.6 Å². The molecular formula is C20H24FN3O2. The molecule has 6 heteroatoms. The molecule has 0 fully saturated rings. The Labute approximate surface area is 153 Å². The van der Waals surface area contributed by atoms with Crippen molar-refractivity contribution in [3.05, 3.63) is 66.0 Å². The number of nitrogens with one attached hydrogen (secondary N) is 2. The normalized spacial score (nSPS) is 10.2. The van der Waals surface area contributed by atoms with Crippen LogP contribution in [0.5, 0.6) is 0 Å². The van der Waals surface area contributed by atoms with Crippen molar-refractivity contribution in [2.45, 2.75) is 13.3 Å². The molecular weight excluding hydrogens is 333 g/mol. The minimum atomic E-state index is -0.407. The molecule has 2 amide bonds. The standard InChI is InChI=1S/C20H24FN3O2/c1-2-24(18-7-4-3-5-8-18)14-6-13-22-19(25)15-23-20(26)16-9-11-17(21)12-10-16/h3-5,7-12H,2,6,13-15H2,1H3,(H,22,25)(H,23,26). The number of nitrogens with zero attached hydrogens (tertiary/aromatic N) is 1. The monoisotopic (exact) mass is 357 g/mol. The molecule has 0 saturated carbocycles. The zero-order valence-corrected chi connectivity index (χ0v) is 14.9. The third-order valence-electron chi connectivity index (χ3n) is 3.95. The van der Waals surface area contributed by atoms with E-state index in [4.69, 9.17) is 0 Å². The Kier molecular flexibility index (Phi) is 7.61. The Morgan fingerprint density at radius 2 is 1.69 bits per heavy atom. The van der Waals surface area contributed by atoms with Crippen LogP contribution >= 0.6 is 0 Å². The summed E-state index contributed by atoms with van der Waals surface area (Å²) in [5.74, 6) is -1.06. The van der Waals surface area contributed by atoms with Crippen LogP contribution in [0.3, 0.4) is 0 Å². The van der Waals surface area contributed by atoms with Gasteiger partial charge in [-0.15, -0.1) is 0 Å². The highest BCUT2D eigenvalue weighted by molar-refractivity contribution is 5.96. The van der Waals surface area contributed by atoms with Gasteiger partial charge in [0.05, 0.1) is 6.54 Å². The van der Waals surface area contributed by atoms with E-state index in [9.17, 15) is 14.0 Å². The lowest BCUT2D eigenvalue weighted by Crippen LogP contribution is -2.38. The first-order valence-corrected chi connectivity index (χ1v) is 8.70. The topological polar surface area (TPSA) is 61.4 Å². The first-order chi connectivity index (χ1) is 12.6. The summed E-state index contributed by atoms with van der Waals surface area (Å²) in [7, 11) is 0. The zero-order chi connectivity index (χ0) is 18.8. The Hall–Kier alpha value is -2.89. The lowest BCUT2D eigenvalue weighted by atomic mass is 10.2. The molecule has 0 saturated heterocycles. The van der Waals surface area contributed by atoms with E-state index in [0.717, 1.165) is 25.2 Å². The number of anilines is 1. The summed E-state index contributed by atoms with van der Waals surface area (Å²) in [5, 5.41) is 5.31. The van der Waals surface area contributed by atoms with Gasteiger partial charge < -0.3 is 15.5 Å². The molecule has 0 radical (unpaired) electrons. The highest BCUT2D eigenvalue weighted by Crippen LogP contribution is 2.12. The van der Waals surface area contributed by atoms with Crippen LogP contribution < -0.4 is 15.5 Å². The highest BCUT2D eigenvalue weighted by Gasteiger charge is 2.08. The van der Waals surface area contributed by atoms with Crippen LogP contribution in [0, 0.1) is 5.82 Å². The van der Waals surface area contributed by atoms with E-state index in [1.54, 1.807) is 0 Å². The van der Waals surface area contributed by atoms with Gasteiger partial charge in [-0.1, -0.05) is 18.2 Å². The summed E-state index contributed by atoms with van der Waals surface area (Å²) >= 11 is 0. The molecule has 0 atom stereocenters. The Bertz CT molecular complexity index is 705. The fraction of sp³-hybridized carbons (Fsp3) is 0.300. The average molecular weight is 357 g/mol. The minimum absolute atomic E-state index is 0.105. The molecule has 138 valence electrons. The minimum Gasteiger partial charge on any atom is -0.372 e. The van der Waals surface area contributed by atoms with Gasteiger partial charge in [-0.3, -0.25) is 9.59 Å². The van der Waals surface area contributed by atoms with Crippen LogP contribution in [-0.2, 0) is 4.79 Å². The third kappa shape index (κ3) is 6.20. The lowest BCUT2D eigenvalue weighted by molar-refractivity contribution is -0.120. The van der Waals surface area contributed by atoms with Gasteiger partial charge in [0, 0.05) is 30.9 Å². The first kappa shape index (κ1) is 19.4. The van der Waals surface area contributed by atoms with Crippen molar-refractivity contribution in [1.82, 2.24) is 10.6 Å². The first-order valence-electron chi connectivity index (χ1n) is 8.70. The maximum absolute atomic E-state index is 12.8. The summed E-state index contributed by atoms with van der Waals surface area (Å²) < 4.78 is 12.8. The van der Waals surface area contributed by atoms with Gasteiger partial charge >= 0.3 is 0 Å². The largest absolute Gasteiger partial charge is 0.372 e. The fourth-order valence-electron chi connectivity index (χ4n) is 2.53. The lowest BCUT2D eigenvalue weighted by Gasteiger charge is -2.23. The predicted molar refractivity (Wildman–Crippen MR) is 101 cm³/mol. The van der Waals surface area contributed by atoms with Crippen molar-refractivity contribution in [3.8, 4) is 0 Å². The summed E-state index contributed by atoms with van der Waals surface area (Å²) in [6.45, 7) is 4.26. The summed E-state index contributed by atoms with van der Waals surface area (Å²) in [5.41, 5.74) is 1.48. The van der Waals surface area contributed by atoms with Crippen molar-refractivity contribution in [1.29, 1.82) is 0 Å². The highest BCUT2D eigenvalue weighted by atomic mass is 19.1. The molecule has 2 N–H and O–H groups in total. The van der Waals surface area contributed by atoms with Gasteiger partial charge in [0.1, 0.15) is 5.82 Å². The molecule has 0 aliphatic carbocycles. The molecule has 0 heterocycles. The molecule has 0 aliphatic rings. The number of hydrogen-bond donors (Lipinski definition) is 2. The van der Waals surface area contributed by atoms with Crippen LogP contribution in [0.2, 0.25) is 0 Å². The molecule has 0 aromatic heterocycles. The second-order valence-electron chi connectivity index (χ2n) is 5.81. The Morgan fingerprint density at radius 3 is 2.35 bits per heavy atom. The van der Waals surface area contributed by atoms with Gasteiger partial charge in [0.2, 0.25) is 5.91 Å². The molecule has 0 bridgehead atoms. The molecule has 26 heavy (non-hydrogen) atoms. The van der Waals surface area contributed by atoms with E-state index in [1.807, 2.05) is 18.2 Å². The molecule has 2 aromatic carbocycles. The number of amides is 2. The van der Waals surface area contributed by atoms with Gasteiger partial charge in [0.15, 0.2) is 0 Å². The number of benzene rings is 2. The van der Waals surface area contributed by atoms with Crippen LogP contribution in [0.1, 0.15) is 23.7 Å². The van der Waals surface area contributed by atoms with Crippen molar-refractivity contribution < 1.29 is 14.0 Å². The van der Waals surface area contributed by atoms with E-state index < -0.39 is 11.7 Å². The van der Waals surface area contributed by atoms with Crippen molar-refractivity contribution in [2.24, 2.45) is 0 Å². The van der Waals surface area contributed by atoms with Crippen molar-refractivity contribution in [3.63, 3.8) is 0 Å².